The molecule has 0 amide bonds. The van der Waals surface area contributed by atoms with Crippen molar-refractivity contribution in [2.45, 2.75) is 6.42 Å². The molecule has 0 bridgehead atoms. The van der Waals surface area contributed by atoms with Crippen molar-refractivity contribution in [3.05, 3.63) is 23.3 Å². The Balaban J connectivity index is 3.17. The smallest absolute Gasteiger partial charge is 0.173 e. The second kappa shape index (κ2) is 6.09. The van der Waals surface area contributed by atoms with Crippen LogP contribution >= 0.6 is 12.6 Å². The number of aromatic hydroxyl groups is 1. The van der Waals surface area contributed by atoms with E-state index >= 15 is 0 Å². The first-order valence-electron chi connectivity index (χ1n) is 4.68. The molecule has 0 fully saturated rings. The fraction of sp³-hybridized carbons (Fsp3) is 0.250. The van der Waals surface area contributed by atoms with Gasteiger partial charge in [-0.2, -0.15) is 12.6 Å². The van der Waals surface area contributed by atoms with Gasteiger partial charge in [-0.05, 0) is 12.1 Å². The number of rotatable bonds is 3. The van der Waals surface area contributed by atoms with Gasteiger partial charge in [-0.15, -0.1) is 0 Å². The van der Waals surface area contributed by atoms with Crippen LogP contribution in [-0.2, 0) is 0 Å². The molecule has 1 rings (SSSR count). The predicted molar refractivity (Wildman–Crippen MR) is 65.4 cm³/mol. The van der Waals surface area contributed by atoms with Gasteiger partial charge in [0.15, 0.2) is 11.5 Å². The molecule has 0 saturated carbocycles. The number of hydrogen-bond donors (Lipinski definition) is 2. The summed E-state index contributed by atoms with van der Waals surface area (Å²) in [5, 5.41) is 9.75. The minimum atomic E-state index is -0.0419. The summed E-state index contributed by atoms with van der Waals surface area (Å²) in [7, 11) is 1.43. The van der Waals surface area contributed by atoms with E-state index in [-0.39, 0.29) is 11.5 Å². The van der Waals surface area contributed by atoms with E-state index in [9.17, 15) is 9.90 Å². The molecule has 0 aliphatic carbocycles. The van der Waals surface area contributed by atoms with Crippen molar-refractivity contribution >= 4 is 18.9 Å². The molecular weight excluding hydrogens is 224 g/mol. The number of methoxy groups -OCH3 is 1. The highest BCUT2D eigenvalue weighted by atomic mass is 32.1. The molecule has 0 heterocycles. The molecule has 0 aliphatic heterocycles. The van der Waals surface area contributed by atoms with Gasteiger partial charge in [0.2, 0.25) is 0 Å². The summed E-state index contributed by atoms with van der Waals surface area (Å²) in [5.41, 5.74) is 0.813. The van der Waals surface area contributed by atoms with Crippen LogP contribution in [0.25, 0.3) is 0 Å². The molecule has 3 nitrogen and oxygen atoms in total. The molecule has 0 radical (unpaired) electrons. The van der Waals surface area contributed by atoms with E-state index in [0.29, 0.717) is 29.6 Å². The lowest BCUT2D eigenvalue weighted by molar-refractivity contribution is 0.112. The Morgan fingerprint density at radius 1 is 1.56 bits per heavy atom. The van der Waals surface area contributed by atoms with Gasteiger partial charge in [-0.1, -0.05) is 11.8 Å². The molecular formula is C12H12O3S. The van der Waals surface area contributed by atoms with Gasteiger partial charge in [-0.3, -0.25) is 4.79 Å². The van der Waals surface area contributed by atoms with Crippen molar-refractivity contribution in [1.82, 2.24) is 0 Å². The lowest BCUT2D eigenvalue weighted by atomic mass is 10.1. The van der Waals surface area contributed by atoms with Gasteiger partial charge < -0.3 is 9.84 Å². The van der Waals surface area contributed by atoms with Crippen LogP contribution in [0, 0.1) is 11.8 Å². The number of phenolic OH excluding ortho intramolecular Hbond substituents is 1. The van der Waals surface area contributed by atoms with Gasteiger partial charge >= 0.3 is 0 Å². The minimum absolute atomic E-state index is 0.0419. The molecule has 0 aliphatic rings. The predicted octanol–water partition coefficient (Wildman–Crippen LogP) is 1.88. The largest absolute Gasteiger partial charge is 0.503 e. The topological polar surface area (TPSA) is 46.5 Å². The second-order valence-electron chi connectivity index (χ2n) is 3.01. The zero-order chi connectivity index (χ0) is 12.0. The number of hydrogen-bond acceptors (Lipinski definition) is 4. The van der Waals surface area contributed by atoms with E-state index in [4.69, 9.17) is 4.74 Å². The van der Waals surface area contributed by atoms with E-state index in [1.807, 2.05) is 0 Å². The quantitative estimate of drug-likeness (QED) is 0.478. The fourth-order valence-electron chi connectivity index (χ4n) is 1.16. The van der Waals surface area contributed by atoms with Crippen LogP contribution < -0.4 is 4.74 Å². The lowest BCUT2D eigenvalue weighted by Gasteiger charge is -2.05. The van der Waals surface area contributed by atoms with Crippen molar-refractivity contribution in [2.24, 2.45) is 0 Å². The standard InChI is InChI=1S/C12H12O3S/c1-15-11-7-9(8-13)6-10(12(11)14)4-2-3-5-16/h6-8,14,16H,3,5H2,1H3. The summed E-state index contributed by atoms with van der Waals surface area (Å²) in [6, 6.07) is 2.99. The summed E-state index contributed by atoms with van der Waals surface area (Å²) in [4.78, 5) is 10.7. The molecule has 0 atom stereocenters. The van der Waals surface area contributed by atoms with E-state index in [0.717, 1.165) is 0 Å². The molecule has 0 spiro atoms. The Labute approximate surface area is 99.8 Å². The maximum absolute atomic E-state index is 10.7. The molecule has 84 valence electrons. The van der Waals surface area contributed by atoms with Gasteiger partial charge in [0.25, 0.3) is 0 Å². The number of carbonyl (C=O) groups excluding carboxylic acids is 1. The molecule has 1 aromatic rings. The summed E-state index contributed by atoms with van der Waals surface area (Å²) < 4.78 is 4.94. The van der Waals surface area contributed by atoms with E-state index < -0.39 is 0 Å². The molecule has 0 aromatic heterocycles. The van der Waals surface area contributed by atoms with Gasteiger partial charge in [-0.25, -0.2) is 0 Å². The third-order valence-electron chi connectivity index (χ3n) is 1.91. The minimum Gasteiger partial charge on any atom is -0.503 e. The van der Waals surface area contributed by atoms with Gasteiger partial charge in [0, 0.05) is 17.7 Å². The number of aldehydes is 1. The second-order valence-corrected chi connectivity index (χ2v) is 3.46. The molecule has 4 heteroatoms. The van der Waals surface area contributed by atoms with Crippen molar-refractivity contribution in [2.75, 3.05) is 12.9 Å². The Kier molecular flexibility index (Phi) is 4.74. The third kappa shape index (κ3) is 2.94. The third-order valence-corrected chi connectivity index (χ3v) is 2.14. The lowest BCUT2D eigenvalue weighted by Crippen LogP contribution is -1.90. The van der Waals surface area contributed by atoms with E-state index in [1.165, 1.54) is 19.2 Å². The van der Waals surface area contributed by atoms with Crippen molar-refractivity contribution in [1.29, 1.82) is 0 Å². The first kappa shape index (κ1) is 12.5. The number of ether oxygens (including phenoxy) is 1. The molecule has 1 N–H and O–H groups in total. The Morgan fingerprint density at radius 2 is 2.31 bits per heavy atom. The molecule has 16 heavy (non-hydrogen) atoms. The number of thiol groups is 1. The highest BCUT2D eigenvalue weighted by Gasteiger charge is 2.08. The highest BCUT2D eigenvalue weighted by molar-refractivity contribution is 7.80. The zero-order valence-corrected chi connectivity index (χ0v) is 9.75. The summed E-state index contributed by atoms with van der Waals surface area (Å²) in [6.07, 6.45) is 1.31. The van der Waals surface area contributed by atoms with Crippen LogP contribution in [0.3, 0.4) is 0 Å². The average molecular weight is 236 g/mol. The van der Waals surface area contributed by atoms with Crippen molar-refractivity contribution in [3.8, 4) is 23.3 Å². The summed E-state index contributed by atoms with van der Waals surface area (Å²) in [6.45, 7) is 0. The Morgan fingerprint density at radius 3 is 2.88 bits per heavy atom. The molecule has 0 saturated heterocycles. The first-order valence-corrected chi connectivity index (χ1v) is 5.32. The van der Waals surface area contributed by atoms with Crippen molar-refractivity contribution in [3.63, 3.8) is 0 Å². The summed E-state index contributed by atoms with van der Waals surface area (Å²) in [5.74, 6) is 6.47. The van der Waals surface area contributed by atoms with Crippen LogP contribution in [0.15, 0.2) is 12.1 Å². The van der Waals surface area contributed by atoms with E-state index in [1.54, 1.807) is 0 Å². The maximum Gasteiger partial charge on any atom is 0.173 e. The average Bonchev–Trinajstić information content (AvgIpc) is 2.31. The van der Waals surface area contributed by atoms with Gasteiger partial charge in [0.1, 0.15) is 6.29 Å². The Hall–Kier alpha value is -1.60. The fourth-order valence-corrected chi connectivity index (χ4v) is 1.27. The first-order chi connectivity index (χ1) is 7.72. The van der Waals surface area contributed by atoms with Gasteiger partial charge in [0.05, 0.1) is 12.7 Å². The number of carbonyl (C=O) groups is 1. The molecule has 0 unspecified atom stereocenters. The normalized spacial score (nSPS) is 9.12. The SMILES string of the molecule is COc1cc(C=O)cc(C#CCCS)c1O. The molecule has 1 aromatic carbocycles. The van der Waals surface area contributed by atoms with Crippen LogP contribution in [0.2, 0.25) is 0 Å². The highest BCUT2D eigenvalue weighted by Crippen LogP contribution is 2.30. The number of phenols is 1. The zero-order valence-electron chi connectivity index (χ0n) is 8.86. The Bertz CT molecular complexity index is 444. The maximum atomic E-state index is 10.7. The van der Waals surface area contributed by atoms with Crippen LogP contribution in [-0.4, -0.2) is 24.3 Å². The van der Waals surface area contributed by atoms with Crippen LogP contribution in [0.4, 0.5) is 0 Å². The summed E-state index contributed by atoms with van der Waals surface area (Å²) >= 11 is 4.02. The van der Waals surface area contributed by atoms with Crippen LogP contribution in [0.1, 0.15) is 22.3 Å². The van der Waals surface area contributed by atoms with Crippen LogP contribution in [0.5, 0.6) is 11.5 Å². The van der Waals surface area contributed by atoms with E-state index in [2.05, 4.69) is 24.5 Å². The number of benzene rings is 1. The monoisotopic (exact) mass is 236 g/mol. The van der Waals surface area contributed by atoms with Crippen molar-refractivity contribution < 1.29 is 14.6 Å².